The van der Waals surface area contributed by atoms with E-state index in [9.17, 15) is 4.79 Å². The number of nitrogens with zero attached hydrogens (tertiary/aromatic N) is 1. The van der Waals surface area contributed by atoms with Gasteiger partial charge in [-0.05, 0) is 52.1 Å². The largest absolute Gasteiger partial charge is 0.343 e. The Bertz CT molecular complexity index is 711. The van der Waals surface area contributed by atoms with E-state index in [4.69, 9.17) is 11.6 Å². The van der Waals surface area contributed by atoms with Gasteiger partial charge in [0, 0.05) is 5.54 Å². The number of hydrogen-bond acceptors (Lipinski definition) is 2. The Kier molecular flexibility index (Phi) is 5.68. The Morgan fingerprint density at radius 1 is 1.08 bits per heavy atom. The van der Waals surface area contributed by atoms with Gasteiger partial charge in [0.15, 0.2) is 0 Å². The van der Waals surface area contributed by atoms with E-state index in [1.54, 1.807) is 6.07 Å². The molecule has 0 saturated carbocycles. The van der Waals surface area contributed by atoms with Gasteiger partial charge >= 0.3 is 0 Å². The summed E-state index contributed by atoms with van der Waals surface area (Å²) in [6, 6.07) is 15.4. The Morgan fingerprint density at radius 2 is 1.71 bits per heavy atom. The Hall–Kier alpha value is -1.84. The smallest absolute Gasteiger partial charge is 0.253 e. The predicted octanol–water partition coefficient (Wildman–Crippen LogP) is 4.46. The fourth-order valence-electron chi connectivity index (χ4n) is 2.60. The molecule has 0 aliphatic carbocycles. The van der Waals surface area contributed by atoms with Gasteiger partial charge in [0.1, 0.15) is 0 Å². The molecule has 128 valence electrons. The molecule has 0 spiro atoms. The zero-order chi connectivity index (χ0) is 17.9. The molecule has 0 fully saturated rings. The van der Waals surface area contributed by atoms with Gasteiger partial charge < -0.3 is 10.2 Å². The van der Waals surface area contributed by atoms with Crippen molar-refractivity contribution >= 4 is 17.5 Å². The number of benzene rings is 2. The molecule has 2 rings (SSSR count). The number of nitrogens with one attached hydrogen (secondary N) is 1. The highest BCUT2D eigenvalue weighted by Gasteiger charge is 2.34. The van der Waals surface area contributed by atoms with Crippen molar-refractivity contribution in [2.45, 2.75) is 32.4 Å². The van der Waals surface area contributed by atoms with Crippen LogP contribution in [0, 0.1) is 6.92 Å². The van der Waals surface area contributed by atoms with Crippen LogP contribution in [0.15, 0.2) is 48.5 Å². The first-order chi connectivity index (χ1) is 11.2. The molecule has 24 heavy (non-hydrogen) atoms. The van der Waals surface area contributed by atoms with Crippen molar-refractivity contribution in [3.63, 3.8) is 0 Å². The molecule has 0 aromatic heterocycles. The van der Waals surface area contributed by atoms with E-state index in [-0.39, 0.29) is 17.5 Å². The average Bonchev–Trinajstić information content (AvgIpc) is 2.55. The van der Waals surface area contributed by atoms with E-state index in [1.807, 2.05) is 63.5 Å². The molecule has 0 aliphatic heterocycles. The first kappa shape index (κ1) is 18.5. The lowest BCUT2D eigenvalue weighted by molar-refractivity contribution is 0.0840. The maximum absolute atomic E-state index is 12.9. The van der Waals surface area contributed by atoms with E-state index in [0.29, 0.717) is 10.6 Å². The molecular weight excluding hydrogens is 320 g/mol. The van der Waals surface area contributed by atoms with Gasteiger partial charge in [0.25, 0.3) is 5.91 Å². The topological polar surface area (TPSA) is 32.3 Å². The Labute approximate surface area is 149 Å². The highest BCUT2D eigenvalue weighted by molar-refractivity contribution is 6.34. The number of halogens is 1. The molecule has 3 nitrogen and oxygen atoms in total. The second-order valence-electron chi connectivity index (χ2n) is 6.80. The zero-order valence-corrected chi connectivity index (χ0v) is 15.7. The van der Waals surface area contributed by atoms with Crippen molar-refractivity contribution in [1.29, 1.82) is 0 Å². The number of carbonyl (C=O) groups excluding carboxylic acids is 1. The quantitative estimate of drug-likeness (QED) is 0.868. The van der Waals surface area contributed by atoms with Crippen molar-refractivity contribution in [2.75, 3.05) is 14.1 Å². The van der Waals surface area contributed by atoms with Crippen molar-refractivity contribution in [2.24, 2.45) is 0 Å². The van der Waals surface area contributed by atoms with Crippen LogP contribution in [-0.2, 0) is 0 Å². The van der Waals surface area contributed by atoms with E-state index in [2.05, 4.69) is 24.1 Å². The summed E-state index contributed by atoms with van der Waals surface area (Å²) in [4.78, 5) is 15.0. The molecule has 0 heterocycles. The van der Waals surface area contributed by atoms with Crippen molar-refractivity contribution in [3.05, 3.63) is 70.2 Å². The van der Waals surface area contributed by atoms with Gasteiger partial charge in [0.2, 0.25) is 0 Å². The number of rotatable bonds is 5. The molecular formula is C20H25ClN2O. The maximum Gasteiger partial charge on any atom is 0.253 e. The Morgan fingerprint density at radius 3 is 2.29 bits per heavy atom. The normalized spacial score (nSPS) is 13.0. The monoisotopic (exact) mass is 344 g/mol. The molecule has 1 unspecified atom stereocenters. The fourth-order valence-corrected chi connectivity index (χ4v) is 2.81. The van der Waals surface area contributed by atoms with Crippen LogP contribution in [0.1, 0.15) is 41.4 Å². The van der Waals surface area contributed by atoms with Gasteiger partial charge in [-0.25, -0.2) is 0 Å². The second-order valence-corrected chi connectivity index (χ2v) is 7.18. The summed E-state index contributed by atoms with van der Waals surface area (Å²) in [7, 11) is 4.03. The minimum Gasteiger partial charge on any atom is -0.343 e. The van der Waals surface area contributed by atoms with Crippen LogP contribution in [0.2, 0.25) is 5.02 Å². The fraction of sp³-hybridized carbons (Fsp3) is 0.350. The lowest BCUT2D eigenvalue weighted by atomic mass is 9.87. The standard InChI is InChI=1S/C20H25ClN2O/c1-14-10-9-13-16(17(14)21)19(24)22-18(20(2,3)23(4)5)15-11-7-6-8-12-15/h6-13,18H,1-5H3,(H,22,24). The third-order valence-electron chi connectivity index (χ3n) is 4.70. The third kappa shape index (κ3) is 3.80. The van der Waals surface area contributed by atoms with Crippen LogP contribution in [0.5, 0.6) is 0 Å². The average molecular weight is 345 g/mol. The number of aryl methyl sites for hydroxylation is 1. The van der Waals surface area contributed by atoms with Gasteiger partial charge in [-0.3, -0.25) is 4.79 Å². The maximum atomic E-state index is 12.9. The molecule has 1 amide bonds. The lowest BCUT2D eigenvalue weighted by Crippen LogP contribution is -2.50. The highest BCUT2D eigenvalue weighted by Crippen LogP contribution is 2.30. The van der Waals surface area contributed by atoms with E-state index < -0.39 is 0 Å². The minimum atomic E-state index is -0.271. The van der Waals surface area contributed by atoms with Crippen molar-refractivity contribution < 1.29 is 4.79 Å². The zero-order valence-electron chi connectivity index (χ0n) is 14.9. The van der Waals surface area contributed by atoms with Gasteiger partial charge in [-0.1, -0.05) is 54.1 Å². The van der Waals surface area contributed by atoms with Crippen LogP contribution in [0.4, 0.5) is 0 Å². The van der Waals surface area contributed by atoms with Crippen LogP contribution < -0.4 is 5.32 Å². The summed E-state index contributed by atoms with van der Waals surface area (Å²) in [6.07, 6.45) is 0. The molecule has 2 aromatic carbocycles. The van der Waals surface area contributed by atoms with Crippen LogP contribution in [0.3, 0.4) is 0 Å². The van der Waals surface area contributed by atoms with Gasteiger partial charge in [-0.2, -0.15) is 0 Å². The minimum absolute atomic E-state index is 0.160. The molecule has 0 aliphatic rings. The van der Waals surface area contributed by atoms with Gasteiger partial charge in [-0.15, -0.1) is 0 Å². The first-order valence-corrected chi connectivity index (χ1v) is 8.41. The van der Waals surface area contributed by atoms with Crippen molar-refractivity contribution in [1.82, 2.24) is 10.2 Å². The molecule has 4 heteroatoms. The highest BCUT2D eigenvalue weighted by atomic mass is 35.5. The van der Waals surface area contributed by atoms with Crippen LogP contribution >= 0.6 is 11.6 Å². The molecule has 0 saturated heterocycles. The number of hydrogen-bond donors (Lipinski definition) is 1. The summed E-state index contributed by atoms with van der Waals surface area (Å²) in [5.74, 6) is -0.160. The molecule has 0 bridgehead atoms. The van der Waals surface area contributed by atoms with Crippen LogP contribution in [-0.4, -0.2) is 30.4 Å². The van der Waals surface area contributed by atoms with E-state index in [0.717, 1.165) is 11.1 Å². The summed E-state index contributed by atoms with van der Waals surface area (Å²) < 4.78 is 0. The van der Waals surface area contributed by atoms with E-state index >= 15 is 0 Å². The number of amides is 1. The SMILES string of the molecule is Cc1cccc(C(=O)NC(c2ccccc2)C(C)(C)N(C)C)c1Cl. The Balaban J connectivity index is 2.39. The van der Waals surface area contributed by atoms with Crippen molar-refractivity contribution in [3.8, 4) is 0 Å². The molecule has 0 radical (unpaired) electrons. The number of likely N-dealkylation sites (N-methyl/N-ethyl adjacent to an activating group) is 1. The summed E-state index contributed by atoms with van der Waals surface area (Å²) in [5.41, 5.74) is 2.20. The second kappa shape index (κ2) is 7.37. The summed E-state index contributed by atoms with van der Waals surface area (Å²) in [6.45, 7) is 6.13. The van der Waals surface area contributed by atoms with Gasteiger partial charge in [0.05, 0.1) is 16.6 Å². The summed E-state index contributed by atoms with van der Waals surface area (Å²) >= 11 is 6.32. The molecule has 2 aromatic rings. The number of carbonyl (C=O) groups is 1. The first-order valence-electron chi connectivity index (χ1n) is 8.03. The van der Waals surface area contributed by atoms with Crippen LogP contribution in [0.25, 0.3) is 0 Å². The third-order valence-corrected chi connectivity index (χ3v) is 5.21. The predicted molar refractivity (Wildman–Crippen MR) is 101 cm³/mol. The lowest BCUT2D eigenvalue weighted by Gasteiger charge is -2.40. The van der Waals surface area contributed by atoms with E-state index in [1.165, 1.54) is 0 Å². The molecule has 1 N–H and O–H groups in total. The molecule has 1 atom stereocenters. The summed E-state index contributed by atoms with van der Waals surface area (Å²) in [5, 5.41) is 3.68.